The molecular formula is C31H37N5O2S. The zero-order valence-corrected chi connectivity index (χ0v) is 23.5. The Kier molecular flexibility index (Phi) is 7.42. The maximum atomic E-state index is 11.8. The van der Waals surface area contributed by atoms with Crippen molar-refractivity contribution in [1.29, 1.82) is 0 Å². The summed E-state index contributed by atoms with van der Waals surface area (Å²) in [5.41, 5.74) is 6.73. The molecule has 2 fully saturated rings. The Morgan fingerprint density at radius 2 is 1.51 bits per heavy atom. The highest BCUT2D eigenvalue weighted by Crippen LogP contribution is 2.29. The van der Waals surface area contributed by atoms with Gasteiger partial charge >= 0.3 is 0 Å². The molecule has 0 N–H and O–H groups in total. The number of para-hydroxylation sites is 1. The van der Waals surface area contributed by atoms with Gasteiger partial charge in [-0.25, -0.2) is 13.4 Å². The number of piperazine rings is 1. The fourth-order valence-electron chi connectivity index (χ4n) is 5.69. The summed E-state index contributed by atoms with van der Waals surface area (Å²) in [5, 5.41) is 1.18. The lowest BCUT2D eigenvalue weighted by molar-refractivity contribution is 0.292. The van der Waals surface area contributed by atoms with Gasteiger partial charge in [0.2, 0.25) is 0 Å². The largest absolute Gasteiger partial charge is 0.369 e. The molecule has 6 rings (SSSR count). The lowest BCUT2D eigenvalue weighted by Gasteiger charge is -2.34. The molecule has 0 spiro atoms. The smallest absolute Gasteiger partial charge is 0.152 e. The molecular weight excluding hydrogens is 506 g/mol. The van der Waals surface area contributed by atoms with Crippen LogP contribution in [0.15, 0.2) is 72.9 Å². The van der Waals surface area contributed by atoms with E-state index in [2.05, 4.69) is 93.2 Å². The number of hydrogen-bond donors (Lipinski definition) is 0. The summed E-state index contributed by atoms with van der Waals surface area (Å²) in [6.45, 7) is 6.52. The van der Waals surface area contributed by atoms with Gasteiger partial charge in [-0.15, -0.1) is 0 Å². The zero-order chi connectivity index (χ0) is 26.8. The fraction of sp³-hybridized carbons (Fsp3) is 0.387. The lowest BCUT2D eigenvalue weighted by Crippen LogP contribution is -2.44. The van der Waals surface area contributed by atoms with Crippen LogP contribution in [0.2, 0.25) is 0 Å². The van der Waals surface area contributed by atoms with E-state index in [1.807, 2.05) is 6.07 Å². The normalized spacial score (nSPS) is 18.5. The monoisotopic (exact) mass is 543 g/mol. The van der Waals surface area contributed by atoms with E-state index in [0.29, 0.717) is 13.1 Å². The van der Waals surface area contributed by atoms with E-state index in [1.54, 1.807) is 0 Å². The average Bonchev–Trinajstić information content (AvgIpc) is 3.33. The number of hydrogen-bond acceptors (Lipinski definition) is 6. The van der Waals surface area contributed by atoms with Crippen LogP contribution in [0.1, 0.15) is 12.0 Å². The average molecular weight is 544 g/mol. The van der Waals surface area contributed by atoms with E-state index < -0.39 is 9.84 Å². The molecule has 2 aliphatic rings. The third-order valence-corrected chi connectivity index (χ3v) is 9.77. The maximum Gasteiger partial charge on any atom is 0.152 e. The van der Waals surface area contributed by atoms with Crippen molar-refractivity contribution in [3.8, 4) is 16.9 Å². The van der Waals surface area contributed by atoms with Gasteiger partial charge in [0.1, 0.15) is 5.65 Å². The Bertz CT molecular complexity index is 1510. The minimum atomic E-state index is -2.84. The number of pyridine rings is 1. The van der Waals surface area contributed by atoms with Crippen LogP contribution >= 0.6 is 0 Å². The van der Waals surface area contributed by atoms with E-state index in [-0.39, 0.29) is 11.5 Å². The summed E-state index contributed by atoms with van der Waals surface area (Å²) < 4.78 is 25.7. The first-order valence-corrected chi connectivity index (χ1v) is 15.8. The number of nitrogens with zero attached hydrogens (tertiary/aromatic N) is 5. The summed E-state index contributed by atoms with van der Waals surface area (Å²) in [5.74, 6) is 0.562. The second-order valence-electron chi connectivity index (χ2n) is 10.9. The molecule has 4 heterocycles. The van der Waals surface area contributed by atoms with Gasteiger partial charge in [0, 0.05) is 67.8 Å². The zero-order valence-electron chi connectivity index (χ0n) is 22.7. The number of benzene rings is 2. The highest BCUT2D eigenvalue weighted by atomic mass is 32.2. The van der Waals surface area contributed by atoms with Gasteiger partial charge in [-0.2, -0.15) is 0 Å². The molecule has 8 heteroatoms. The van der Waals surface area contributed by atoms with Crippen molar-refractivity contribution < 1.29 is 8.42 Å². The van der Waals surface area contributed by atoms with Crippen molar-refractivity contribution in [2.75, 3.05) is 69.3 Å². The highest BCUT2D eigenvalue weighted by Gasteiger charge is 2.21. The first kappa shape index (κ1) is 26.0. The summed E-state index contributed by atoms with van der Waals surface area (Å²) in [6, 6.07) is 23.6. The molecule has 2 aromatic heterocycles. The van der Waals surface area contributed by atoms with Gasteiger partial charge < -0.3 is 19.3 Å². The van der Waals surface area contributed by atoms with Crippen molar-refractivity contribution >= 4 is 26.6 Å². The molecule has 4 aromatic rings. The van der Waals surface area contributed by atoms with Gasteiger partial charge in [-0.1, -0.05) is 30.3 Å². The number of rotatable bonds is 7. The molecule has 0 bridgehead atoms. The molecule has 0 atom stereocenters. The lowest BCUT2D eigenvalue weighted by atomic mass is 10.1. The second-order valence-corrected chi connectivity index (χ2v) is 13.2. The number of fused-ring (bicyclic) bond motifs is 1. The van der Waals surface area contributed by atoms with Gasteiger partial charge in [-0.3, -0.25) is 0 Å². The third-order valence-electron chi connectivity index (χ3n) is 8.16. The Morgan fingerprint density at radius 1 is 0.795 bits per heavy atom. The number of likely N-dealkylation sites (N-methyl/N-ethyl adjacent to an activating group) is 1. The molecule has 0 radical (unpaired) electrons. The van der Waals surface area contributed by atoms with Gasteiger partial charge in [0.05, 0.1) is 17.2 Å². The Morgan fingerprint density at radius 3 is 2.23 bits per heavy atom. The summed E-state index contributed by atoms with van der Waals surface area (Å²) in [4.78, 5) is 12.3. The van der Waals surface area contributed by atoms with E-state index in [9.17, 15) is 8.42 Å². The minimum absolute atomic E-state index is 0.281. The minimum Gasteiger partial charge on any atom is -0.369 e. The van der Waals surface area contributed by atoms with Crippen molar-refractivity contribution in [2.45, 2.75) is 12.8 Å². The molecule has 0 aliphatic carbocycles. The van der Waals surface area contributed by atoms with Crippen LogP contribution in [0.4, 0.5) is 5.69 Å². The Hall–Kier alpha value is -3.20. The SMILES string of the molecule is CN1CCN(c2ccc(-c3ccc4c(CCCN5CCS(=O)(=O)CC5)cn(-c5ccccc5)c4n3)cc2)CC1. The first-order valence-electron chi connectivity index (χ1n) is 14.0. The molecule has 2 aliphatic heterocycles. The molecule has 2 aromatic carbocycles. The van der Waals surface area contributed by atoms with Gasteiger partial charge in [0.25, 0.3) is 0 Å². The van der Waals surface area contributed by atoms with Crippen LogP contribution in [0.5, 0.6) is 0 Å². The van der Waals surface area contributed by atoms with Crippen molar-refractivity contribution in [1.82, 2.24) is 19.4 Å². The van der Waals surface area contributed by atoms with Gasteiger partial charge in [-0.05, 0) is 68.4 Å². The number of anilines is 1. The van der Waals surface area contributed by atoms with Crippen molar-refractivity contribution in [3.63, 3.8) is 0 Å². The summed E-state index contributed by atoms with van der Waals surface area (Å²) in [6.07, 6.45) is 4.15. The van der Waals surface area contributed by atoms with Crippen LogP contribution in [0.3, 0.4) is 0 Å². The van der Waals surface area contributed by atoms with Crippen LogP contribution < -0.4 is 4.90 Å². The molecule has 2 saturated heterocycles. The van der Waals surface area contributed by atoms with E-state index in [1.165, 1.54) is 16.6 Å². The van der Waals surface area contributed by atoms with E-state index in [0.717, 1.165) is 68.2 Å². The van der Waals surface area contributed by atoms with Crippen LogP contribution in [0, 0.1) is 0 Å². The Balaban J connectivity index is 1.24. The van der Waals surface area contributed by atoms with Crippen LogP contribution in [-0.4, -0.2) is 92.1 Å². The summed E-state index contributed by atoms with van der Waals surface area (Å²) in [7, 11) is -0.661. The van der Waals surface area contributed by atoms with Crippen molar-refractivity contribution in [2.24, 2.45) is 0 Å². The topological polar surface area (TPSA) is 61.7 Å². The van der Waals surface area contributed by atoms with Crippen LogP contribution in [0.25, 0.3) is 28.0 Å². The van der Waals surface area contributed by atoms with Crippen LogP contribution in [-0.2, 0) is 16.3 Å². The first-order chi connectivity index (χ1) is 18.9. The molecule has 39 heavy (non-hydrogen) atoms. The van der Waals surface area contributed by atoms with E-state index >= 15 is 0 Å². The fourth-order valence-corrected chi connectivity index (χ4v) is 6.97. The standard InChI is InChI=1S/C31H37N5O2S/c1-33-16-18-35(19-17-33)27-11-9-25(10-12-27)30-14-13-29-26(6-5-15-34-20-22-39(37,38)23-21-34)24-36(31(29)32-30)28-7-3-2-4-8-28/h2-4,7-14,24H,5-6,15-23H2,1H3. The number of sulfone groups is 1. The maximum absolute atomic E-state index is 11.8. The third kappa shape index (κ3) is 5.88. The van der Waals surface area contributed by atoms with E-state index in [4.69, 9.17) is 4.98 Å². The quantitative estimate of drug-likeness (QED) is 0.350. The predicted octanol–water partition coefficient (Wildman–Crippen LogP) is 4.11. The molecule has 0 saturated carbocycles. The second kappa shape index (κ2) is 11.1. The predicted molar refractivity (Wildman–Crippen MR) is 160 cm³/mol. The van der Waals surface area contributed by atoms with Gasteiger partial charge in [0.15, 0.2) is 9.84 Å². The van der Waals surface area contributed by atoms with Crippen molar-refractivity contribution in [3.05, 3.63) is 78.5 Å². The molecule has 0 amide bonds. The molecule has 204 valence electrons. The summed E-state index contributed by atoms with van der Waals surface area (Å²) >= 11 is 0. The molecule has 7 nitrogen and oxygen atoms in total. The number of aromatic nitrogens is 2. The Labute approximate surface area is 231 Å². The molecule has 0 unspecified atom stereocenters. The number of aryl methyl sites for hydroxylation is 1. The highest BCUT2D eigenvalue weighted by molar-refractivity contribution is 7.91.